The molecule has 3 heteroatoms. The SMILES string of the molecule is CCCNC1CCC(CC)CC1N1CCCN(C)CC1. The standard InChI is InChI=1S/C17H35N3/c1-4-9-18-16-8-7-15(5-2)14-17(16)20-11-6-10-19(3)12-13-20/h15-18H,4-14H2,1-3H3. The monoisotopic (exact) mass is 281 g/mol. The third-order valence-corrected chi connectivity index (χ3v) is 5.38. The lowest BCUT2D eigenvalue weighted by Crippen LogP contribution is -2.54. The van der Waals surface area contributed by atoms with Crippen LogP contribution < -0.4 is 5.32 Å². The van der Waals surface area contributed by atoms with Gasteiger partial charge in [-0.1, -0.05) is 20.3 Å². The molecule has 0 amide bonds. The van der Waals surface area contributed by atoms with Crippen LogP contribution in [-0.2, 0) is 0 Å². The van der Waals surface area contributed by atoms with E-state index in [2.05, 4.69) is 36.0 Å². The van der Waals surface area contributed by atoms with Crippen LogP contribution in [0.5, 0.6) is 0 Å². The Kier molecular flexibility index (Phi) is 6.79. The van der Waals surface area contributed by atoms with Gasteiger partial charge in [-0.3, -0.25) is 4.90 Å². The van der Waals surface area contributed by atoms with Crippen LogP contribution >= 0.6 is 0 Å². The largest absolute Gasteiger partial charge is 0.312 e. The van der Waals surface area contributed by atoms with Gasteiger partial charge >= 0.3 is 0 Å². The molecule has 1 heterocycles. The van der Waals surface area contributed by atoms with Gasteiger partial charge in [-0.05, 0) is 64.7 Å². The lowest BCUT2D eigenvalue weighted by Gasteiger charge is -2.43. The molecule has 3 unspecified atom stereocenters. The smallest absolute Gasteiger partial charge is 0.0252 e. The predicted molar refractivity (Wildman–Crippen MR) is 87.2 cm³/mol. The van der Waals surface area contributed by atoms with Gasteiger partial charge in [0.15, 0.2) is 0 Å². The van der Waals surface area contributed by atoms with Crippen molar-refractivity contribution >= 4 is 0 Å². The molecular formula is C17H35N3. The molecular weight excluding hydrogens is 246 g/mol. The Morgan fingerprint density at radius 2 is 1.90 bits per heavy atom. The Morgan fingerprint density at radius 3 is 2.65 bits per heavy atom. The van der Waals surface area contributed by atoms with Crippen molar-refractivity contribution in [2.75, 3.05) is 39.8 Å². The Bertz CT molecular complexity index is 269. The van der Waals surface area contributed by atoms with Crippen LogP contribution in [0.3, 0.4) is 0 Å². The third kappa shape index (κ3) is 4.44. The summed E-state index contributed by atoms with van der Waals surface area (Å²) in [6.45, 7) is 10.9. The topological polar surface area (TPSA) is 18.5 Å². The minimum atomic E-state index is 0.737. The van der Waals surface area contributed by atoms with E-state index in [0.29, 0.717) is 0 Å². The van der Waals surface area contributed by atoms with E-state index < -0.39 is 0 Å². The summed E-state index contributed by atoms with van der Waals surface area (Å²) in [6.07, 6.45) is 8.19. The molecule has 0 bridgehead atoms. The zero-order chi connectivity index (χ0) is 14.4. The fourth-order valence-corrected chi connectivity index (χ4v) is 3.97. The highest BCUT2D eigenvalue weighted by molar-refractivity contribution is 4.92. The van der Waals surface area contributed by atoms with E-state index >= 15 is 0 Å². The molecule has 0 aromatic carbocycles. The maximum Gasteiger partial charge on any atom is 0.0252 e. The molecule has 2 aliphatic rings. The van der Waals surface area contributed by atoms with Crippen LogP contribution in [0.25, 0.3) is 0 Å². The molecule has 1 aliphatic carbocycles. The molecule has 0 spiro atoms. The molecule has 3 nitrogen and oxygen atoms in total. The molecule has 1 N–H and O–H groups in total. The first-order valence-electron chi connectivity index (χ1n) is 8.90. The van der Waals surface area contributed by atoms with E-state index in [1.54, 1.807) is 0 Å². The number of likely N-dealkylation sites (N-methyl/N-ethyl adjacent to an activating group) is 1. The van der Waals surface area contributed by atoms with Gasteiger partial charge in [0, 0.05) is 25.2 Å². The third-order valence-electron chi connectivity index (χ3n) is 5.38. The molecule has 0 aromatic rings. The molecule has 1 saturated heterocycles. The van der Waals surface area contributed by atoms with E-state index in [-0.39, 0.29) is 0 Å². The molecule has 118 valence electrons. The van der Waals surface area contributed by atoms with E-state index in [1.165, 1.54) is 71.2 Å². The molecule has 3 atom stereocenters. The van der Waals surface area contributed by atoms with Crippen LogP contribution in [0, 0.1) is 5.92 Å². The zero-order valence-electron chi connectivity index (χ0n) is 13.9. The average Bonchev–Trinajstić information content (AvgIpc) is 2.69. The lowest BCUT2D eigenvalue weighted by atomic mass is 9.80. The fraction of sp³-hybridized carbons (Fsp3) is 1.00. The Labute approximate surface area is 126 Å². The zero-order valence-corrected chi connectivity index (χ0v) is 13.9. The van der Waals surface area contributed by atoms with Crippen molar-refractivity contribution in [1.29, 1.82) is 0 Å². The molecule has 0 aromatic heterocycles. The summed E-state index contributed by atoms with van der Waals surface area (Å²) in [6, 6.07) is 1.52. The number of hydrogen-bond donors (Lipinski definition) is 1. The summed E-state index contributed by atoms with van der Waals surface area (Å²) < 4.78 is 0. The fourth-order valence-electron chi connectivity index (χ4n) is 3.97. The normalized spacial score (nSPS) is 34.0. The maximum absolute atomic E-state index is 3.84. The molecule has 2 fully saturated rings. The number of rotatable bonds is 5. The van der Waals surface area contributed by atoms with Gasteiger partial charge < -0.3 is 10.2 Å². The summed E-state index contributed by atoms with van der Waals surface area (Å²) >= 11 is 0. The molecule has 2 rings (SSSR count). The average molecular weight is 281 g/mol. The van der Waals surface area contributed by atoms with Crippen molar-refractivity contribution in [3.8, 4) is 0 Å². The van der Waals surface area contributed by atoms with Gasteiger partial charge in [-0.25, -0.2) is 0 Å². The van der Waals surface area contributed by atoms with Crippen molar-refractivity contribution in [2.45, 2.75) is 64.5 Å². The Balaban J connectivity index is 1.97. The van der Waals surface area contributed by atoms with E-state index in [0.717, 1.165) is 18.0 Å². The lowest BCUT2D eigenvalue weighted by molar-refractivity contribution is 0.0987. The summed E-state index contributed by atoms with van der Waals surface area (Å²) in [5, 5.41) is 3.84. The Hall–Kier alpha value is -0.120. The van der Waals surface area contributed by atoms with Gasteiger partial charge in [0.25, 0.3) is 0 Å². The van der Waals surface area contributed by atoms with Gasteiger partial charge in [0.2, 0.25) is 0 Å². The van der Waals surface area contributed by atoms with Gasteiger partial charge in [0.1, 0.15) is 0 Å². The van der Waals surface area contributed by atoms with Crippen molar-refractivity contribution in [1.82, 2.24) is 15.1 Å². The molecule has 20 heavy (non-hydrogen) atoms. The minimum Gasteiger partial charge on any atom is -0.312 e. The first kappa shape index (κ1) is 16.3. The van der Waals surface area contributed by atoms with Crippen molar-refractivity contribution in [3.05, 3.63) is 0 Å². The van der Waals surface area contributed by atoms with Crippen molar-refractivity contribution in [2.24, 2.45) is 5.92 Å². The van der Waals surface area contributed by atoms with Crippen molar-refractivity contribution in [3.63, 3.8) is 0 Å². The summed E-state index contributed by atoms with van der Waals surface area (Å²) in [7, 11) is 2.27. The van der Waals surface area contributed by atoms with E-state index in [9.17, 15) is 0 Å². The maximum atomic E-state index is 3.84. The van der Waals surface area contributed by atoms with Crippen molar-refractivity contribution < 1.29 is 0 Å². The molecule has 0 radical (unpaired) electrons. The summed E-state index contributed by atoms with van der Waals surface area (Å²) in [4.78, 5) is 5.30. The summed E-state index contributed by atoms with van der Waals surface area (Å²) in [5.74, 6) is 0.959. The number of hydrogen-bond acceptors (Lipinski definition) is 3. The highest BCUT2D eigenvalue weighted by Crippen LogP contribution is 2.30. The van der Waals surface area contributed by atoms with Crippen LogP contribution in [0.15, 0.2) is 0 Å². The van der Waals surface area contributed by atoms with E-state index in [1.807, 2.05) is 0 Å². The highest BCUT2D eigenvalue weighted by atomic mass is 15.2. The second kappa shape index (κ2) is 8.35. The second-order valence-corrected chi connectivity index (χ2v) is 6.91. The second-order valence-electron chi connectivity index (χ2n) is 6.91. The van der Waals surface area contributed by atoms with Gasteiger partial charge in [-0.15, -0.1) is 0 Å². The van der Waals surface area contributed by atoms with Crippen LogP contribution in [0.4, 0.5) is 0 Å². The summed E-state index contributed by atoms with van der Waals surface area (Å²) in [5.41, 5.74) is 0. The minimum absolute atomic E-state index is 0.737. The first-order valence-corrected chi connectivity index (χ1v) is 8.90. The van der Waals surface area contributed by atoms with Crippen LogP contribution in [0.1, 0.15) is 52.4 Å². The van der Waals surface area contributed by atoms with Crippen LogP contribution in [-0.4, -0.2) is 61.7 Å². The first-order chi connectivity index (χ1) is 9.74. The quantitative estimate of drug-likeness (QED) is 0.835. The van der Waals surface area contributed by atoms with E-state index in [4.69, 9.17) is 0 Å². The molecule has 1 saturated carbocycles. The predicted octanol–water partition coefficient (Wildman–Crippen LogP) is 2.57. The number of nitrogens with one attached hydrogen (secondary N) is 1. The van der Waals surface area contributed by atoms with Crippen LogP contribution in [0.2, 0.25) is 0 Å². The molecule has 1 aliphatic heterocycles. The number of nitrogens with zero attached hydrogens (tertiary/aromatic N) is 2. The Morgan fingerprint density at radius 1 is 1.05 bits per heavy atom. The van der Waals surface area contributed by atoms with Gasteiger partial charge in [0.05, 0.1) is 0 Å². The highest BCUT2D eigenvalue weighted by Gasteiger charge is 2.33. The van der Waals surface area contributed by atoms with Gasteiger partial charge in [-0.2, -0.15) is 0 Å².